The maximum atomic E-state index is 12.0. The summed E-state index contributed by atoms with van der Waals surface area (Å²) < 4.78 is 28.8. The van der Waals surface area contributed by atoms with Crippen molar-refractivity contribution < 1.29 is 23.1 Å². The molecule has 0 aliphatic rings. The Morgan fingerprint density at radius 3 is 2.75 bits per heavy atom. The van der Waals surface area contributed by atoms with Crippen LogP contribution in [0.25, 0.3) is 0 Å². The average Bonchev–Trinajstić information content (AvgIpc) is 2.79. The standard InChI is InChI=1S/C12H17F2N3O3/c1-8(18)4-2-3-5-11(19)16-9-6-15-17-12(9)20-7-10(13)14/h6,10H,2-5,7H2,1H3,(H,15,17)(H,16,19). The van der Waals surface area contributed by atoms with Crippen LogP contribution in [0.15, 0.2) is 6.20 Å². The first-order valence-corrected chi connectivity index (χ1v) is 6.22. The van der Waals surface area contributed by atoms with Crippen LogP contribution in [0.2, 0.25) is 0 Å². The molecule has 0 aromatic carbocycles. The van der Waals surface area contributed by atoms with E-state index in [1.807, 2.05) is 0 Å². The van der Waals surface area contributed by atoms with Gasteiger partial charge in [-0.05, 0) is 19.8 Å². The van der Waals surface area contributed by atoms with Crippen LogP contribution in [0.4, 0.5) is 14.5 Å². The van der Waals surface area contributed by atoms with Gasteiger partial charge in [-0.3, -0.25) is 4.79 Å². The Morgan fingerprint density at radius 2 is 2.10 bits per heavy atom. The minimum Gasteiger partial charge on any atom is -0.470 e. The van der Waals surface area contributed by atoms with Crippen molar-refractivity contribution in [3.8, 4) is 5.88 Å². The van der Waals surface area contributed by atoms with E-state index in [1.54, 1.807) is 0 Å². The number of aromatic nitrogens is 2. The van der Waals surface area contributed by atoms with Gasteiger partial charge in [0.15, 0.2) is 6.61 Å². The predicted molar refractivity (Wildman–Crippen MR) is 67.9 cm³/mol. The predicted octanol–water partition coefficient (Wildman–Crippen LogP) is 2.14. The third kappa shape index (κ3) is 6.26. The van der Waals surface area contributed by atoms with Gasteiger partial charge < -0.3 is 14.8 Å². The van der Waals surface area contributed by atoms with Crippen LogP contribution in [0.3, 0.4) is 0 Å². The summed E-state index contributed by atoms with van der Waals surface area (Å²) in [6.07, 6.45) is 0.593. The molecule has 112 valence electrons. The SMILES string of the molecule is CC(=O)CCCCC(=O)Nc1cn[nH]c1OCC(F)F. The van der Waals surface area contributed by atoms with Crippen LogP contribution in [0, 0.1) is 0 Å². The zero-order valence-electron chi connectivity index (χ0n) is 11.1. The molecule has 0 bridgehead atoms. The summed E-state index contributed by atoms with van der Waals surface area (Å²) in [4.78, 5) is 22.3. The van der Waals surface area contributed by atoms with Gasteiger partial charge in [-0.25, -0.2) is 13.9 Å². The van der Waals surface area contributed by atoms with Crippen LogP contribution >= 0.6 is 0 Å². The fourth-order valence-electron chi connectivity index (χ4n) is 1.49. The topological polar surface area (TPSA) is 84.1 Å². The highest BCUT2D eigenvalue weighted by Gasteiger charge is 2.12. The van der Waals surface area contributed by atoms with Crippen molar-refractivity contribution in [2.75, 3.05) is 11.9 Å². The second-order valence-corrected chi connectivity index (χ2v) is 4.27. The Labute approximate surface area is 114 Å². The van der Waals surface area contributed by atoms with Gasteiger partial charge in [0.2, 0.25) is 11.8 Å². The molecule has 1 amide bonds. The summed E-state index contributed by atoms with van der Waals surface area (Å²) in [5.74, 6) is -0.192. The quantitative estimate of drug-likeness (QED) is 0.682. The second kappa shape index (κ2) is 8.23. The molecule has 0 spiro atoms. The van der Waals surface area contributed by atoms with Crippen molar-refractivity contribution >= 4 is 17.4 Å². The molecular weight excluding hydrogens is 272 g/mol. The van der Waals surface area contributed by atoms with E-state index < -0.39 is 13.0 Å². The van der Waals surface area contributed by atoms with Gasteiger partial charge >= 0.3 is 0 Å². The molecule has 8 heteroatoms. The zero-order chi connectivity index (χ0) is 15.0. The van der Waals surface area contributed by atoms with E-state index in [0.29, 0.717) is 19.3 Å². The maximum absolute atomic E-state index is 12.0. The molecule has 0 fully saturated rings. The summed E-state index contributed by atoms with van der Waals surface area (Å²) in [7, 11) is 0. The van der Waals surface area contributed by atoms with Crippen LogP contribution < -0.4 is 10.1 Å². The number of unbranched alkanes of at least 4 members (excludes halogenated alkanes) is 1. The highest BCUT2D eigenvalue weighted by Crippen LogP contribution is 2.21. The number of hydrogen-bond donors (Lipinski definition) is 2. The highest BCUT2D eigenvalue weighted by molar-refractivity contribution is 5.91. The second-order valence-electron chi connectivity index (χ2n) is 4.27. The molecule has 0 aliphatic carbocycles. The van der Waals surface area contributed by atoms with Crippen molar-refractivity contribution in [2.45, 2.75) is 39.0 Å². The monoisotopic (exact) mass is 289 g/mol. The number of ether oxygens (including phenoxy) is 1. The smallest absolute Gasteiger partial charge is 0.272 e. The lowest BCUT2D eigenvalue weighted by Gasteiger charge is -2.07. The third-order valence-electron chi connectivity index (χ3n) is 2.41. The molecule has 2 N–H and O–H groups in total. The first-order chi connectivity index (χ1) is 9.49. The lowest BCUT2D eigenvalue weighted by atomic mass is 10.1. The molecule has 0 unspecified atom stereocenters. The zero-order valence-corrected chi connectivity index (χ0v) is 11.1. The Balaban J connectivity index is 2.34. The normalized spacial score (nSPS) is 10.6. The molecule has 1 rings (SSSR count). The fourth-order valence-corrected chi connectivity index (χ4v) is 1.49. The summed E-state index contributed by atoms with van der Waals surface area (Å²) in [5, 5.41) is 8.52. The number of ketones is 1. The lowest BCUT2D eigenvalue weighted by Crippen LogP contribution is -2.13. The van der Waals surface area contributed by atoms with Crippen LogP contribution in [-0.2, 0) is 9.59 Å². The first-order valence-electron chi connectivity index (χ1n) is 6.22. The molecule has 1 heterocycles. The molecule has 0 radical (unpaired) electrons. The van der Waals surface area contributed by atoms with Crippen molar-refractivity contribution in [1.29, 1.82) is 0 Å². The third-order valence-corrected chi connectivity index (χ3v) is 2.41. The minimum atomic E-state index is -2.60. The van der Waals surface area contributed by atoms with E-state index >= 15 is 0 Å². The van der Waals surface area contributed by atoms with Crippen molar-refractivity contribution in [3.05, 3.63) is 6.20 Å². The van der Waals surface area contributed by atoms with Gasteiger partial charge in [-0.2, -0.15) is 5.10 Å². The number of alkyl halides is 2. The number of hydrogen-bond acceptors (Lipinski definition) is 4. The number of nitrogens with one attached hydrogen (secondary N) is 2. The molecule has 1 aromatic rings. The van der Waals surface area contributed by atoms with E-state index in [1.165, 1.54) is 13.1 Å². The minimum absolute atomic E-state index is 0.00221. The molecule has 20 heavy (non-hydrogen) atoms. The van der Waals surface area contributed by atoms with Crippen LogP contribution in [0.5, 0.6) is 5.88 Å². The fraction of sp³-hybridized carbons (Fsp3) is 0.583. The molecule has 0 atom stereocenters. The van der Waals surface area contributed by atoms with E-state index in [2.05, 4.69) is 15.5 Å². The number of H-pyrrole nitrogens is 1. The number of carbonyl (C=O) groups is 2. The van der Waals surface area contributed by atoms with E-state index in [0.717, 1.165) is 0 Å². The maximum Gasteiger partial charge on any atom is 0.272 e. The molecule has 1 aromatic heterocycles. The summed E-state index contributed by atoms with van der Waals surface area (Å²) in [6, 6.07) is 0. The van der Waals surface area contributed by atoms with Crippen molar-refractivity contribution in [2.24, 2.45) is 0 Å². The number of Topliss-reactive ketones (excluding diaryl/α,β-unsaturated/α-hetero) is 1. The van der Waals surface area contributed by atoms with Crippen molar-refractivity contribution in [1.82, 2.24) is 10.2 Å². The van der Waals surface area contributed by atoms with Gasteiger partial charge in [0.05, 0.1) is 6.20 Å². The van der Waals surface area contributed by atoms with Crippen molar-refractivity contribution in [3.63, 3.8) is 0 Å². The number of anilines is 1. The number of nitrogens with zero attached hydrogens (tertiary/aromatic N) is 1. The Kier molecular flexibility index (Phi) is 6.61. The largest absolute Gasteiger partial charge is 0.470 e. The Hall–Kier alpha value is -1.99. The van der Waals surface area contributed by atoms with Gasteiger partial charge in [-0.1, -0.05) is 0 Å². The summed E-state index contributed by atoms with van der Waals surface area (Å²) in [6.45, 7) is 0.724. The highest BCUT2D eigenvalue weighted by atomic mass is 19.3. The van der Waals surface area contributed by atoms with Gasteiger partial charge in [-0.15, -0.1) is 0 Å². The van der Waals surface area contributed by atoms with Crippen LogP contribution in [-0.4, -0.2) is 34.9 Å². The average molecular weight is 289 g/mol. The van der Waals surface area contributed by atoms with Gasteiger partial charge in [0, 0.05) is 12.8 Å². The Bertz CT molecular complexity index is 449. The molecule has 0 aliphatic heterocycles. The summed E-state index contributed by atoms with van der Waals surface area (Å²) >= 11 is 0. The van der Waals surface area contributed by atoms with Crippen LogP contribution in [0.1, 0.15) is 32.6 Å². The van der Waals surface area contributed by atoms with E-state index in [4.69, 9.17) is 4.74 Å². The van der Waals surface area contributed by atoms with E-state index in [-0.39, 0.29) is 29.7 Å². The molecular formula is C12H17F2N3O3. The number of carbonyl (C=O) groups excluding carboxylic acids is 2. The number of amides is 1. The lowest BCUT2D eigenvalue weighted by molar-refractivity contribution is -0.118. The van der Waals surface area contributed by atoms with Gasteiger partial charge in [0.1, 0.15) is 11.5 Å². The summed E-state index contributed by atoms with van der Waals surface area (Å²) in [5.41, 5.74) is 0.224. The molecule has 6 nitrogen and oxygen atoms in total. The van der Waals surface area contributed by atoms with Gasteiger partial charge in [0.25, 0.3) is 6.43 Å². The molecule has 0 saturated carbocycles. The number of rotatable bonds is 9. The first kappa shape index (κ1) is 16.1. The molecule has 0 saturated heterocycles. The van der Waals surface area contributed by atoms with E-state index in [9.17, 15) is 18.4 Å². The number of aromatic amines is 1. The number of halogens is 2. The Morgan fingerprint density at radius 1 is 1.40 bits per heavy atom.